The summed E-state index contributed by atoms with van der Waals surface area (Å²) in [5.74, 6) is -0.0331. The zero-order valence-corrected chi connectivity index (χ0v) is 11.1. The maximum absolute atomic E-state index is 11.4. The van der Waals surface area contributed by atoms with Crippen molar-refractivity contribution in [2.24, 2.45) is 5.73 Å². The molecule has 0 aliphatic carbocycles. The number of benzene rings is 1. The number of amides is 1. The van der Waals surface area contributed by atoms with E-state index in [0.29, 0.717) is 22.6 Å². The first kappa shape index (κ1) is 13.7. The SMILES string of the molecule is Cc1ccnc(NCc2cc(N)ccc2O)c1C(N)=O. The van der Waals surface area contributed by atoms with E-state index in [1.165, 1.54) is 6.07 Å². The summed E-state index contributed by atoms with van der Waals surface area (Å²) in [6, 6.07) is 6.49. The molecule has 0 atom stereocenters. The van der Waals surface area contributed by atoms with Crippen LogP contribution < -0.4 is 16.8 Å². The van der Waals surface area contributed by atoms with Crippen LogP contribution in [-0.2, 0) is 6.54 Å². The van der Waals surface area contributed by atoms with Crippen LogP contribution in [0.1, 0.15) is 21.5 Å². The van der Waals surface area contributed by atoms with E-state index in [2.05, 4.69) is 10.3 Å². The van der Waals surface area contributed by atoms with Gasteiger partial charge in [0.2, 0.25) is 0 Å². The average Bonchev–Trinajstić information content (AvgIpc) is 2.39. The number of pyridine rings is 1. The highest BCUT2D eigenvalue weighted by Crippen LogP contribution is 2.22. The lowest BCUT2D eigenvalue weighted by Crippen LogP contribution is -2.17. The van der Waals surface area contributed by atoms with Crippen LogP contribution >= 0.6 is 0 Å². The van der Waals surface area contributed by atoms with Gasteiger partial charge in [-0.25, -0.2) is 4.98 Å². The van der Waals surface area contributed by atoms with Crippen LogP contribution in [0.4, 0.5) is 11.5 Å². The van der Waals surface area contributed by atoms with Crippen molar-refractivity contribution in [3.8, 4) is 5.75 Å². The van der Waals surface area contributed by atoms with Crippen LogP contribution in [0, 0.1) is 6.92 Å². The first-order chi connectivity index (χ1) is 9.49. The standard InChI is InChI=1S/C14H16N4O2/c1-8-4-5-17-14(12(8)13(16)20)18-7-9-6-10(15)2-3-11(9)19/h2-6,19H,7,15H2,1H3,(H2,16,20)(H,17,18). The number of hydrogen-bond donors (Lipinski definition) is 4. The number of phenols is 1. The molecule has 0 unspecified atom stereocenters. The van der Waals surface area contributed by atoms with E-state index < -0.39 is 5.91 Å². The summed E-state index contributed by atoms with van der Waals surface area (Å²) in [5, 5.41) is 12.7. The third kappa shape index (κ3) is 2.80. The van der Waals surface area contributed by atoms with Crippen molar-refractivity contribution in [3.05, 3.63) is 47.2 Å². The van der Waals surface area contributed by atoms with Crippen LogP contribution in [0.25, 0.3) is 0 Å². The van der Waals surface area contributed by atoms with Crippen LogP contribution in [0.3, 0.4) is 0 Å². The molecule has 0 radical (unpaired) electrons. The maximum atomic E-state index is 11.4. The summed E-state index contributed by atoms with van der Waals surface area (Å²) in [6.07, 6.45) is 1.59. The van der Waals surface area contributed by atoms with Gasteiger partial charge in [0.25, 0.3) is 5.91 Å². The number of carbonyl (C=O) groups excluding carboxylic acids is 1. The van der Waals surface area contributed by atoms with Gasteiger partial charge in [-0.2, -0.15) is 0 Å². The highest BCUT2D eigenvalue weighted by Gasteiger charge is 2.12. The number of hydrogen-bond acceptors (Lipinski definition) is 5. The van der Waals surface area contributed by atoms with Gasteiger partial charge in [-0.15, -0.1) is 0 Å². The zero-order chi connectivity index (χ0) is 14.7. The van der Waals surface area contributed by atoms with E-state index in [1.54, 1.807) is 31.3 Å². The third-order valence-corrected chi connectivity index (χ3v) is 2.96. The largest absolute Gasteiger partial charge is 0.508 e. The molecule has 2 aromatic rings. The fourth-order valence-electron chi connectivity index (χ4n) is 1.93. The van der Waals surface area contributed by atoms with Gasteiger partial charge in [0.1, 0.15) is 11.6 Å². The normalized spacial score (nSPS) is 10.2. The molecule has 0 saturated carbocycles. The minimum Gasteiger partial charge on any atom is -0.508 e. The van der Waals surface area contributed by atoms with Gasteiger partial charge < -0.3 is 21.9 Å². The molecular formula is C14H16N4O2. The summed E-state index contributed by atoms with van der Waals surface area (Å²) in [7, 11) is 0. The molecule has 6 nitrogen and oxygen atoms in total. The molecule has 104 valence electrons. The van der Waals surface area contributed by atoms with Crippen molar-refractivity contribution in [1.29, 1.82) is 0 Å². The molecule has 0 spiro atoms. The van der Waals surface area contributed by atoms with E-state index in [4.69, 9.17) is 11.5 Å². The number of anilines is 2. The lowest BCUT2D eigenvalue weighted by Gasteiger charge is -2.12. The third-order valence-electron chi connectivity index (χ3n) is 2.96. The van der Waals surface area contributed by atoms with Crippen molar-refractivity contribution >= 4 is 17.4 Å². The van der Waals surface area contributed by atoms with Crippen molar-refractivity contribution in [1.82, 2.24) is 4.98 Å². The maximum Gasteiger partial charge on any atom is 0.252 e. The number of primary amides is 1. The molecule has 1 heterocycles. The van der Waals surface area contributed by atoms with E-state index in [1.807, 2.05) is 0 Å². The first-order valence-corrected chi connectivity index (χ1v) is 6.05. The molecule has 6 N–H and O–H groups in total. The number of nitrogens with two attached hydrogens (primary N) is 2. The molecule has 0 bridgehead atoms. The van der Waals surface area contributed by atoms with Crippen molar-refractivity contribution in [2.45, 2.75) is 13.5 Å². The predicted octanol–water partition coefficient (Wildman–Crippen LogP) is 1.39. The quantitative estimate of drug-likeness (QED) is 0.496. The number of phenolic OH excluding ortho intramolecular Hbond substituents is 1. The molecule has 20 heavy (non-hydrogen) atoms. The Morgan fingerprint density at radius 3 is 2.85 bits per heavy atom. The Morgan fingerprint density at radius 2 is 2.15 bits per heavy atom. The number of aryl methyl sites for hydroxylation is 1. The molecule has 0 saturated heterocycles. The Bertz CT molecular complexity index is 656. The summed E-state index contributed by atoms with van der Waals surface area (Å²) < 4.78 is 0. The van der Waals surface area contributed by atoms with Crippen molar-refractivity contribution < 1.29 is 9.90 Å². The predicted molar refractivity (Wildman–Crippen MR) is 77.3 cm³/mol. The molecule has 0 aliphatic heterocycles. The number of rotatable bonds is 4. The van der Waals surface area contributed by atoms with Gasteiger partial charge in [-0.05, 0) is 36.8 Å². The highest BCUT2D eigenvalue weighted by atomic mass is 16.3. The monoisotopic (exact) mass is 272 g/mol. The summed E-state index contributed by atoms with van der Waals surface area (Å²) in [4.78, 5) is 15.6. The van der Waals surface area contributed by atoms with Crippen LogP contribution in [0.5, 0.6) is 5.75 Å². The minimum atomic E-state index is -0.546. The van der Waals surface area contributed by atoms with E-state index in [9.17, 15) is 9.90 Å². The molecular weight excluding hydrogens is 256 g/mol. The van der Waals surface area contributed by atoms with Gasteiger partial charge in [0.15, 0.2) is 0 Å². The van der Waals surface area contributed by atoms with Gasteiger partial charge in [0.05, 0.1) is 5.56 Å². The lowest BCUT2D eigenvalue weighted by molar-refractivity contribution is 0.1000. The lowest BCUT2D eigenvalue weighted by atomic mass is 10.1. The van der Waals surface area contributed by atoms with Crippen LogP contribution in [-0.4, -0.2) is 16.0 Å². The van der Waals surface area contributed by atoms with Crippen molar-refractivity contribution in [3.63, 3.8) is 0 Å². The Balaban J connectivity index is 2.25. The van der Waals surface area contributed by atoms with Gasteiger partial charge in [-0.3, -0.25) is 4.79 Å². The fourth-order valence-corrected chi connectivity index (χ4v) is 1.93. The smallest absolute Gasteiger partial charge is 0.252 e. The fraction of sp³-hybridized carbons (Fsp3) is 0.143. The second kappa shape index (κ2) is 5.48. The molecule has 0 fully saturated rings. The average molecular weight is 272 g/mol. The van der Waals surface area contributed by atoms with E-state index >= 15 is 0 Å². The Hall–Kier alpha value is -2.76. The van der Waals surface area contributed by atoms with Crippen LogP contribution in [0.15, 0.2) is 30.5 Å². The number of nitrogens with zero attached hydrogens (tertiary/aromatic N) is 1. The summed E-state index contributed by atoms with van der Waals surface area (Å²) in [6.45, 7) is 2.07. The second-order valence-electron chi connectivity index (χ2n) is 4.46. The van der Waals surface area contributed by atoms with E-state index in [-0.39, 0.29) is 12.3 Å². The topological polar surface area (TPSA) is 114 Å². The molecule has 6 heteroatoms. The minimum absolute atomic E-state index is 0.125. The van der Waals surface area contributed by atoms with Gasteiger partial charge in [-0.1, -0.05) is 0 Å². The van der Waals surface area contributed by atoms with Gasteiger partial charge in [0, 0.05) is 24.0 Å². The Labute approximate surface area is 116 Å². The highest BCUT2D eigenvalue weighted by molar-refractivity contribution is 5.98. The number of nitrogen functional groups attached to an aromatic ring is 1. The molecule has 2 rings (SSSR count). The molecule has 1 aromatic carbocycles. The molecule has 1 amide bonds. The number of aromatic hydroxyl groups is 1. The van der Waals surface area contributed by atoms with Gasteiger partial charge >= 0.3 is 0 Å². The van der Waals surface area contributed by atoms with E-state index in [0.717, 1.165) is 5.56 Å². The molecule has 0 aliphatic rings. The molecule has 1 aromatic heterocycles. The summed E-state index contributed by atoms with van der Waals surface area (Å²) >= 11 is 0. The number of nitrogens with one attached hydrogen (secondary N) is 1. The Morgan fingerprint density at radius 1 is 1.40 bits per heavy atom. The summed E-state index contributed by atoms with van der Waals surface area (Å²) in [5.41, 5.74) is 13.3. The Kier molecular flexibility index (Phi) is 3.74. The zero-order valence-electron chi connectivity index (χ0n) is 11.1. The second-order valence-corrected chi connectivity index (χ2v) is 4.46. The first-order valence-electron chi connectivity index (χ1n) is 6.05. The number of aromatic nitrogens is 1. The number of carbonyl (C=O) groups is 1. The van der Waals surface area contributed by atoms with Crippen molar-refractivity contribution in [2.75, 3.05) is 11.1 Å². The van der Waals surface area contributed by atoms with Crippen LogP contribution in [0.2, 0.25) is 0 Å².